The van der Waals surface area contributed by atoms with Crippen molar-refractivity contribution in [2.24, 2.45) is 0 Å². The molecule has 0 radical (unpaired) electrons. The lowest BCUT2D eigenvalue weighted by Gasteiger charge is -2.41. The van der Waals surface area contributed by atoms with Gasteiger partial charge in [0.1, 0.15) is 18.3 Å². The topological polar surface area (TPSA) is 63.2 Å². The Kier molecular flexibility index (Phi) is 12.9. The molecule has 0 aromatic carbocycles. The minimum Gasteiger partial charge on any atom is -0.457 e. The predicted molar refractivity (Wildman–Crippen MR) is 100 cm³/mol. The number of rotatable bonds is 14. The number of unbranched alkanes of at least 4 members (excludes halogenated alkanes) is 3. The molecule has 1 aliphatic rings. The van der Waals surface area contributed by atoms with Crippen molar-refractivity contribution in [2.75, 3.05) is 33.0 Å². The summed E-state index contributed by atoms with van der Waals surface area (Å²) in [6.45, 7) is 10.6. The summed E-state index contributed by atoms with van der Waals surface area (Å²) >= 11 is 0. The second kappa shape index (κ2) is 14.4. The highest BCUT2D eigenvalue weighted by atomic mass is 16.6. The number of carbonyl (C=O) groups is 1. The van der Waals surface area contributed by atoms with Crippen molar-refractivity contribution in [1.29, 1.82) is 0 Å². The smallest absolute Gasteiger partial charge is 0.303 e. The van der Waals surface area contributed by atoms with E-state index in [0.29, 0.717) is 33.0 Å². The van der Waals surface area contributed by atoms with E-state index in [2.05, 4.69) is 20.8 Å². The Hall–Kier alpha value is -0.690. The van der Waals surface area contributed by atoms with Gasteiger partial charge in [-0.3, -0.25) is 4.79 Å². The van der Waals surface area contributed by atoms with Crippen LogP contribution in [0.25, 0.3) is 0 Å². The normalized spacial score (nSPS) is 26.0. The van der Waals surface area contributed by atoms with E-state index in [1.54, 1.807) is 0 Å². The second-order valence-corrected chi connectivity index (χ2v) is 6.83. The fourth-order valence-corrected chi connectivity index (χ4v) is 2.84. The molecule has 26 heavy (non-hydrogen) atoms. The van der Waals surface area contributed by atoms with Crippen LogP contribution < -0.4 is 0 Å². The molecule has 1 aliphatic heterocycles. The maximum absolute atomic E-state index is 11.7. The van der Waals surface area contributed by atoms with Crippen molar-refractivity contribution >= 4 is 5.97 Å². The summed E-state index contributed by atoms with van der Waals surface area (Å²) in [6, 6.07) is 0. The molecule has 0 amide bonds. The molecule has 4 atom stereocenters. The van der Waals surface area contributed by atoms with Crippen LogP contribution in [0.2, 0.25) is 0 Å². The molecule has 154 valence electrons. The van der Waals surface area contributed by atoms with Crippen molar-refractivity contribution in [1.82, 2.24) is 0 Å². The molecular formula is C20H38O6. The van der Waals surface area contributed by atoms with Gasteiger partial charge in [0.25, 0.3) is 0 Å². The summed E-state index contributed by atoms with van der Waals surface area (Å²) in [5.74, 6) is -0.338. The highest BCUT2D eigenvalue weighted by Crippen LogP contribution is 2.25. The number of esters is 1. The van der Waals surface area contributed by atoms with E-state index in [1.807, 2.05) is 0 Å². The summed E-state index contributed by atoms with van der Waals surface area (Å²) in [4.78, 5) is 11.7. The highest BCUT2D eigenvalue weighted by Gasteiger charge is 2.44. The van der Waals surface area contributed by atoms with Gasteiger partial charge >= 0.3 is 5.97 Å². The molecule has 1 fully saturated rings. The Balaban J connectivity index is 2.75. The quantitative estimate of drug-likeness (QED) is 0.342. The molecule has 1 saturated heterocycles. The summed E-state index contributed by atoms with van der Waals surface area (Å²) in [5.41, 5.74) is 0. The Morgan fingerprint density at radius 3 is 2.15 bits per heavy atom. The number of carbonyl (C=O) groups excluding carboxylic acids is 1. The van der Waals surface area contributed by atoms with Gasteiger partial charge in [-0.05, 0) is 19.3 Å². The number of hydrogen-bond donors (Lipinski definition) is 0. The van der Waals surface area contributed by atoms with Crippen molar-refractivity contribution < 1.29 is 28.5 Å². The molecule has 0 bridgehead atoms. The monoisotopic (exact) mass is 374 g/mol. The first-order valence-electron chi connectivity index (χ1n) is 10.2. The van der Waals surface area contributed by atoms with Gasteiger partial charge in [0, 0.05) is 26.7 Å². The van der Waals surface area contributed by atoms with Crippen LogP contribution in [0.3, 0.4) is 0 Å². The van der Waals surface area contributed by atoms with Crippen molar-refractivity contribution in [3.05, 3.63) is 0 Å². The maximum Gasteiger partial charge on any atom is 0.303 e. The molecular weight excluding hydrogens is 336 g/mol. The second-order valence-electron chi connectivity index (χ2n) is 6.83. The van der Waals surface area contributed by atoms with Gasteiger partial charge in [-0.2, -0.15) is 0 Å². The number of ether oxygens (including phenoxy) is 5. The third-order valence-corrected chi connectivity index (χ3v) is 4.40. The van der Waals surface area contributed by atoms with Crippen molar-refractivity contribution in [2.45, 2.75) is 90.6 Å². The van der Waals surface area contributed by atoms with Gasteiger partial charge in [0.15, 0.2) is 6.10 Å². The van der Waals surface area contributed by atoms with Gasteiger partial charge in [0.2, 0.25) is 0 Å². The van der Waals surface area contributed by atoms with E-state index in [4.69, 9.17) is 23.7 Å². The third kappa shape index (κ3) is 8.80. The van der Waals surface area contributed by atoms with Gasteiger partial charge in [-0.25, -0.2) is 0 Å². The largest absolute Gasteiger partial charge is 0.457 e. The molecule has 0 spiro atoms. The molecule has 0 unspecified atom stereocenters. The van der Waals surface area contributed by atoms with E-state index >= 15 is 0 Å². The Morgan fingerprint density at radius 1 is 0.923 bits per heavy atom. The van der Waals surface area contributed by atoms with E-state index in [1.165, 1.54) is 6.92 Å². The van der Waals surface area contributed by atoms with Crippen LogP contribution in [-0.2, 0) is 28.5 Å². The lowest BCUT2D eigenvalue weighted by atomic mass is 9.99. The van der Waals surface area contributed by atoms with Crippen LogP contribution in [-0.4, -0.2) is 63.4 Å². The van der Waals surface area contributed by atoms with Gasteiger partial charge in [-0.1, -0.05) is 40.0 Å². The fourth-order valence-electron chi connectivity index (χ4n) is 2.84. The van der Waals surface area contributed by atoms with Crippen molar-refractivity contribution in [3.8, 4) is 0 Å². The van der Waals surface area contributed by atoms with Crippen LogP contribution in [0.5, 0.6) is 0 Å². The van der Waals surface area contributed by atoms with Crippen molar-refractivity contribution in [3.63, 3.8) is 0 Å². The number of hydrogen-bond acceptors (Lipinski definition) is 6. The van der Waals surface area contributed by atoms with Crippen LogP contribution in [0, 0.1) is 0 Å². The first-order valence-corrected chi connectivity index (χ1v) is 10.2. The molecule has 0 aromatic rings. The molecule has 0 aliphatic carbocycles. The third-order valence-electron chi connectivity index (χ3n) is 4.40. The molecule has 0 N–H and O–H groups in total. The molecule has 0 saturated carbocycles. The van der Waals surface area contributed by atoms with E-state index in [0.717, 1.165) is 38.5 Å². The Labute approximate surface area is 158 Å². The van der Waals surface area contributed by atoms with Crippen LogP contribution in [0.1, 0.15) is 66.2 Å². The summed E-state index contributed by atoms with van der Waals surface area (Å²) < 4.78 is 29.3. The summed E-state index contributed by atoms with van der Waals surface area (Å²) in [5, 5.41) is 0. The Morgan fingerprint density at radius 2 is 1.54 bits per heavy atom. The standard InChI is InChI=1S/C20H38O6/c1-5-8-11-22-14-17-20(26-16(4)21)19(24-13-10-7-3)18(15-25-17)23-12-9-6-2/h17-20H,5-15H2,1-4H3/t17-,18+,19-,20-/m1/s1. The lowest BCUT2D eigenvalue weighted by molar-refractivity contribution is -0.235. The van der Waals surface area contributed by atoms with Crippen LogP contribution in [0.15, 0.2) is 0 Å². The SMILES string of the molecule is CCCCOC[C@H]1OC[C@H](OCCCC)[C@@H](OCCCC)[C@@H]1OC(C)=O. The van der Waals surface area contributed by atoms with Gasteiger partial charge < -0.3 is 23.7 Å². The average molecular weight is 375 g/mol. The molecule has 6 nitrogen and oxygen atoms in total. The van der Waals surface area contributed by atoms with Gasteiger partial charge in [-0.15, -0.1) is 0 Å². The molecule has 6 heteroatoms. The van der Waals surface area contributed by atoms with Crippen LogP contribution in [0.4, 0.5) is 0 Å². The molecule has 1 rings (SSSR count). The predicted octanol–water partition coefficient (Wildman–Crippen LogP) is 3.50. The minimum atomic E-state index is -0.508. The van der Waals surface area contributed by atoms with E-state index in [-0.39, 0.29) is 24.3 Å². The first-order chi connectivity index (χ1) is 12.6. The molecule has 1 heterocycles. The zero-order valence-corrected chi connectivity index (χ0v) is 17.0. The molecule has 0 aromatic heterocycles. The Bertz CT molecular complexity index is 362. The first kappa shape index (κ1) is 23.3. The van der Waals surface area contributed by atoms with E-state index < -0.39 is 6.10 Å². The summed E-state index contributed by atoms with van der Waals surface area (Å²) in [6.07, 6.45) is 4.76. The zero-order chi connectivity index (χ0) is 19.2. The van der Waals surface area contributed by atoms with E-state index in [9.17, 15) is 4.79 Å². The minimum absolute atomic E-state index is 0.227. The average Bonchev–Trinajstić information content (AvgIpc) is 2.61. The fraction of sp³-hybridized carbons (Fsp3) is 0.950. The van der Waals surface area contributed by atoms with Gasteiger partial charge in [0.05, 0.1) is 13.2 Å². The zero-order valence-electron chi connectivity index (χ0n) is 17.0. The highest BCUT2D eigenvalue weighted by molar-refractivity contribution is 5.66. The van der Waals surface area contributed by atoms with Crippen LogP contribution >= 0.6 is 0 Å². The lowest BCUT2D eigenvalue weighted by Crippen LogP contribution is -2.58. The summed E-state index contributed by atoms with van der Waals surface area (Å²) in [7, 11) is 0. The maximum atomic E-state index is 11.7.